The number of amidine groups is 1. The third-order valence-corrected chi connectivity index (χ3v) is 3.17. The zero-order chi connectivity index (χ0) is 14.7. The van der Waals surface area contributed by atoms with Crippen molar-refractivity contribution >= 4 is 23.0 Å². The lowest BCUT2D eigenvalue weighted by Crippen LogP contribution is -2.33. The summed E-state index contributed by atoms with van der Waals surface area (Å²) in [5, 5.41) is 15.9. The molecule has 0 fully saturated rings. The summed E-state index contributed by atoms with van der Waals surface area (Å²) >= 11 is 0. The molecular formula is C15H16N4O2. The normalized spacial score (nSPS) is 14.1. The number of ether oxygens (including phenoxy) is 1. The van der Waals surface area contributed by atoms with E-state index in [2.05, 4.69) is 20.6 Å². The molecule has 1 unspecified atom stereocenters. The van der Waals surface area contributed by atoms with Gasteiger partial charge in [0.25, 0.3) is 0 Å². The van der Waals surface area contributed by atoms with Crippen LogP contribution < -0.4 is 10.6 Å². The first-order chi connectivity index (χ1) is 10.3. The standard InChI is InChI=1S/C15H16N4O2/c1-21-13(20)9-17-14-10-5-2-3-6-11(10)18-15-12(19-14)7-4-8-16-15/h2-8,13,20H,9H2,1H3,(H,16,18)(H,17,19). The molecule has 0 amide bonds. The number of hydrogen-bond acceptors (Lipinski definition) is 6. The van der Waals surface area contributed by atoms with E-state index in [9.17, 15) is 5.11 Å². The average molecular weight is 284 g/mol. The van der Waals surface area contributed by atoms with E-state index in [1.54, 1.807) is 6.20 Å². The zero-order valence-corrected chi connectivity index (χ0v) is 11.6. The molecule has 0 bridgehead atoms. The van der Waals surface area contributed by atoms with E-state index in [0.717, 1.165) is 16.9 Å². The fraction of sp³-hybridized carbons (Fsp3) is 0.200. The van der Waals surface area contributed by atoms with Gasteiger partial charge in [0.2, 0.25) is 0 Å². The fourth-order valence-electron chi connectivity index (χ4n) is 2.09. The summed E-state index contributed by atoms with van der Waals surface area (Å²) in [4.78, 5) is 8.90. The van der Waals surface area contributed by atoms with Crippen LogP contribution in [0.1, 0.15) is 5.56 Å². The lowest BCUT2D eigenvalue weighted by Gasteiger charge is -2.14. The minimum absolute atomic E-state index is 0.249. The molecule has 6 heteroatoms. The molecular weight excluding hydrogens is 268 g/mol. The summed E-state index contributed by atoms with van der Waals surface area (Å²) in [6, 6.07) is 11.5. The van der Waals surface area contributed by atoms with E-state index >= 15 is 0 Å². The number of aliphatic hydroxyl groups is 1. The van der Waals surface area contributed by atoms with Crippen molar-refractivity contribution in [3.63, 3.8) is 0 Å². The number of nitrogens with one attached hydrogen (secondary N) is 2. The van der Waals surface area contributed by atoms with Crippen LogP contribution in [0.5, 0.6) is 0 Å². The molecule has 0 spiro atoms. The van der Waals surface area contributed by atoms with E-state index in [0.29, 0.717) is 11.7 Å². The van der Waals surface area contributed by atoms with Crippen LogP contribution in [0.3, 0.4) is 0 Å². The van der Waals surface area contributed by atoms with Crippen LogP contribution in [0.2, 0.25) is 0 Å². The molecule has 3 N–H and O–H groups in total. The first kappa shape index (κ1) is 13.5. The minimum atomic E-state index is -0.885. The fourth-order valence-corrected chi connectivity index (χ4v) is 2.09. The number of hydrogen-bond donors (Lipinski definition) is 3. The average Bonchev–Trinajstić information content (AvgIpc) is 2.68. The van der Waals surface area contributed by atoms with Crippen LogP contribution in [0.25, 0.3) is 0 Å². The van der Waals surface area contributed by atoms with Gasteiger partial charge < -0.3 is 20.5 Å². The Morgan fingerprint density at radius 1 is 1.29 bits per heavy atom. The number of fused-ring (bicyclic) bond motifs is 2. The van der Waals surface area contributed by atoms with Crippen LogP contribution in [0.15, 0.2) is 47.6 Å². The monoisotopic (exact) mass is 284 g/mol. The smallest absolute Gasteiger partial charge is 0.171 e. The molecule has 1 aromatic carbocycles. The molecule has 1 aliphatic rings. The molecule has 0 radical (unpaired) electrons. The van der Waals surface area contributed by atoms with E-state index < -0.39 is 6.29 Å². The topological polar surface area (TPSA) is 78.8 Å². The maximum absolute atomic E-state index is 9.53. The number of pyridine rings is 1. The van der Waals surface area contributed by atoms with Crippen molar-refractivity contribution in [2.75, 3.05) is 19.0 Å². The zero-order valence-electron chi connectivity index (χ0n) is 11.6. The predicted octanol–water partition coefficient (Wildman–Crippen LogP) is 1.77. The Labute approximate surface area is 122 Å². The molecule has 2 aromatic rings. The molecule has 3 rings (SSSR count). The summed E-state index contributed by atoms with van der Waals surface area (Å²) in [6.45, 7) is 0.249. The highest BCUT2D eigenvalue weighted by Crippen LogP contribution is 2.31. The predicted molar refractivity (Wildman–Crippen MR) is 81.2 cm³/mol. The molecule has 0 saturated heterocycles. The lowest BCUT2D eigenvalue weighted by molar-refractivity contribution is -0.0681. The molecule has 2 heterocycles. The molecule has 1 aliphatic heterocycles. The summed E-state index contributed by atoms with van der Waals surface area (Å²) in [6.07, 6.45) is 0.835. The van der Waals surface area contributed by atoms with Gasteiger partial charge in [-0.3, -0.25) is 0 Å². The largest absolute Gasteiger partial charge is 0.366 e. The molecule has 6 nitrogen and oxygen atoms in total. The highest BCUT2D eigenvalue weighted by atomic mass is 16.6. The SMILES string of the molecule is COC(O)CNC1=Nc2cccnc2Nc2ccccc21. The Balaban J connectivity index is 2.00. The lowest BCUT2D eigenvalue weighted by atomic mass is 10.1. The van der Waals surface area contributed by atoms with Gasteiger partial charge in [0.1, 0.15) is 11.5 Å². The number of benzene rings is 1. The van der Waals surface area contributed by atoms with Gasteiger partial charge in [-0.15, -0.1) is 0 Å². The number of anilines is 2. The maximum atomic E-state index is 9.53. The molecule has 108 valence electrons. The van der Waals surface area contributed by atoms with E-state index in [-0.39, 0.29) is 6.54 Å². The van der Waals surface area contributed by atoms with Gasteiger partial charge in [-0.25, -0.2) is 9.98 Å². The minimum Gasteiger partial charge on any atom is -0.366 e. The molecule has 0 aliphatic carbocycles. The van der Waals surface area contributed by atoms with Crippen molar-refractivity contribution < 1.29 is 9.84 Å². The molecule has 21 heavy (non-hydrogen) atoms. The summed E-state index contributed by atoms with van der Waals surface area (Å²) < 4.78 is 4.84. The van der Waals surface area contributed by atoms with Gasteiger partial charge in [0.05, 0.1) is 12.2 Å². The van der Waals surface area contributed by atoms with E-state index in [4.69, 9.17) is 4.74 Å². The highest BCUT2D eigenvalue weighted by molar-refractivity contribution is 6.07. The second-order valence-electron chi connectivity index (χ2n) is 4.57. The second kappa shape index (κ2) is 5.90. The van der Waals surface area contributed by atoms with Crippen molar-refractivity contribution in [2.24, 2.45) is 4.99 Å². The number of methoxy groups -OCH3 is 1. The third-order valence-electron chi connectivity index (χ3n) is 3.17. The Hall–Kier alpha value is -2.44. The number of rotatable bonds is 3. The number of aromatic nitrogens is 1. The quantitative estimate of drug-likeness (QED) is 0.749. The van der Waals surface area contributed by atoms with Crippen molar-refractivity contribution in [2.45, 2.75) is 6.29 Å². The van der Waals surface area contributed by atoms with E-state index in [1.165, 1.54) is 7.11 Å². The van der Waals surface area contributed by atoms with Gasteiger partial charge in [0, 0.05) is 18.9 Å². The van der Waals surface area contributed by atoms with Crippen molar-refractivity contribution in [1.29, 1.82) is 0 Å². The molecule has 1 atom stereocenters. The first-order valence-electron chi connectivity index (χ1n) is 6.63. The first-order valence-corrected chi connectivity index (χ1v) is 6.63. The summed E-state index contributed by atoms with van der Waals surface area (Å²) in [5.41, 5.74) is 2.56. The summed E-state index contributed by atoms with van der Waals surface area (Å²) in [7, 11) is 1.45. The van der Waals surface area contributed by atoms with Crippen LogP contribution in [0.4, 0.5) is 17.2 Å². The van der Waals surface area contributed by atoms with Gasteiger partial charge in [-0.05, 0) is 24.3 Å². The molecule has 0 saturated carbocycles. The van der Waals surface area contributed by atoms with Crippen molar-refractivity contribution in [3.05, 3.63) is 48.2 Å². The van der Waals surface area contributed by atoms with E-state index in [1.807, 2.05) is 36.4 Å². The maximum Gasteiger partial charge on any atom is 0.171 e. The number of nitrogens with zero attached hydrogens (tertiary/aromatic N) is 2. The van der Waals surface area contributed by atoms with Crippen LogP contribution in [-0.4, -0.2) is 35.9 Å². The Morgan fingerprint density at radius 3 is 3.00 bits per heavy atom. The Morgan fingerprint density at radius 2 is 2.14 bits per heavy atom. The van der Waals surface area contributed by atoms with Gasteiger partial charge in [0.15, 0.2) is 12.1 Å². The van der Waals surface area contributed by atoms with Gasteiger partial charge in [-0.1, -0.05) is 12.1 Å². The second-order valence-corrected chi connectivity index (χ2v) is 4.57. The summed E-state index contributed by atoms with van der Waals surface area (Å²) in [5.74, 6) is 1.37. The number of aliphatic hydroxyl groups excluding tert-OH is 1. The Kier molecular flexibility index (Phi) is 3.81. The van der Waals surface area contributed by atoms with Crippen LogP contribution >= 0.6 is 0 Å². The molecule has 1 aromatic heterocycles. The number of para-hydroxylation sites is 1. The van der Waals surface area contributed by atoms with Crippen LogP contribution in [0, 0.1) is 0 Å². The Bertz CT molecular complexity index is 672. The van der Waals surface area contributed by atoms with Gasteiger partial charge >= 0.3 is 0 Å². The third kappa shape index (κ3) is 2.86. The van der Waals surface area contributed by atoms with Crippen molar-refractivity contribution in [3.8, 4) is 0 Å². The highest BCUT2D eigenvalue weighted by Gasteiger charge is 2.16. The van der Waals surface area contributed by atoms with Gasteiger partial charge in [-0.2, -0.15) is 0 Å². The number of aliphatic imine (C=N–C) groups is 1. The van der Waals surface area contributed by atoms with Crippen molar-refractivity contribution in [1.82, 2.24) is 10.3 Å². The van der Waals surface area contributed by atoms with Crippen LogP contribution in [-0.2, 0) is 4.74 Å².